The van der Waals surface area contributed by atoms with Crippen LogP contribution in [0.4, 0.5) is 5.69 Å². The van der Waals surface area contributed by atoms with Crippen LogP contribution in [0.3, 0.4) is 0 Å². The van der Waals surface area contributed by atoms with Crippen LogP contribution in [0.5, 0.6) is 11.5 Å². The molecule has 0 fully saturated rings. The molecule has 1 aliphatic rings. The first-order valence-electron chi connectivity index (χ1n) is 7.65. The molecule has 0 amide bonds. The highest BCUT2D eigenvalue weighted by molar-refractivity contribution is 5.93. The van der Waals surface area contributed by atoms with Crippen LogP contribution in [0, 0.1) is 5.92 Å². The Morgan fingerprint density at radius 3 is 3.04 bits per heavy atom. The zero-order valence-corrected chi connectivity index (χ0v) is 13.3. The second kappa shape index (κ2) is 5.96. The number of hydrogen-bond donors (Lipinski definition) is 3. The van der Waals surface area contributed by atoms with E-state index < -0.39 is 0 Å². The Morgan fingerprint density at radius 2 is 2.35 bits per heavy atom. The topological polar surface area (TPSA) is 77.6 Å². The molecule has 23 heavy (non-hydrogen) atoms. The van der Waals surface area contributed by atoms with E-state index in [0.717, 1.165) is 6.54 Å². The molecular formula is C17H21N3O3. The van der Waals surface area contributed by atoms with Crippen LogP contribution in [0.25, 0.3) is 10.9 Å². The van der Waals surface area contributed by atoms with Crippen molar-refractivity contribution in [1.82, 2.24) is 10.4 Å². The molecule has 2 aromatic rings. The number of fused-ring (bicyclic) bond motifs is 2. The van der Waals surface area contributed by atoms with Crippen LogP contribution in [0.1, 0.15) is 12.5 Å². The van der Waals surface area contributed by atoms with E-state index in [9.17, 15) is 9.90 Å². The number of phenolic OH excluding ortho intramolecular Hbond substituents is 1. The number of allylic oxidation sites excluding steroid dienone is 1. The molecule has 0 saturated carbocycles. The Hall–Kier alpha value is -2.47. The predicted octanol–water partition coefficient (Wildman–Crippen LogP) is 1.93. The molecule has 0 aliphatic carbocycles. The molecule has 6 nitrogen and oxygen atoms in total. The SMILES string of the molecule is C=CCc1cc2c(O)c3c(cc2[nH]c1=O)N(NC)CC(C)CO3. The summed E-state index contributed by atoms with van der Waals surface area (Å²) in [5.74, 6) is 0.786. The number of phenols is 1. The van der Waals surface area contributed by atoms with Gasteiger partial charge in [-0.2, -0.15) is 0 Å². The third kappa shape index (κ3) is 2.66. The summed E-state index contributed by atoms with van der Waals surface area (Å²) in [5, 5.41) is 13.2. The van der Waals surface area contributed by atoms with E-state index in [4.69, 9.17) is 4.74 Å². The number of nitrogens with one attached hydrogen (secondary N) is 2. The highest BCUT2D eigenvalue weighted by atomic mass is 16.5. The van der Waals surface area contributed by atoms with Gasteiger partial charge in [-0.1, -0.05) is 13.0 Å². The van der Waals surface area contributed by atoms with Crippen molar-refractivity contribution in [3.05, 3.63) is 40.7 Å². The molecule has 122 valence electrons. The van der Waals surface area contributed by atoms with Crippen molar-refractivity contribution in [2.24, 2.45) is 5.92 Å². The normalized spacial score (nSPS) is 17.5. The zero-order chi connectivity index (χ0) is 16.6. The van der Waals surface area contributed by atoms with E-state index in [1.165, 1.54) is 0 Å². The number of hydrogen-bond acceptors (Lipinski definition) is 5. The van der Waals surface area contributed by atoms with Gasteiger partial charge in [0.25, 0.3) is 5.56 Å². The molecule has 1 aromatic carbocycles. The van der Waals surface area contributed by atoms with Gasteiger partial charge in [0.15, 0.2) is 11.5 Å². The van der Waals surface area contributed by atoms with Crippen LogP contribution in [-0.2, 0) is 6.42 Å². The van der Waals surface area contributed by atoms with Crippen molar-refractivity contribution in [1.29, 1.82) is 0 Å². The van der Waals surface area contributed by atoms with Gasteiger partial charge in [0.2, 0.25) is 0 Å². The Balaban J connectivity index is 2.26. The number of aromatic hydroxyl groups is 1. The molecule has 1 aromatic heterocycles. The fourth-order valence-corrected chi connectivity index (χ4v) is 2.89. The van der Waals surface area contributed by atoms with Gasteiger partial charge in [-0.3, -0.25) is 4.79 Å². The lowest BCUT2D eigenvalue weighted by Gasteiger charge is -2.24. The van der Waals surface area contributed by atoms with Gasteiger partial charge < -0.3 is 19.8 Å². The maximum absolute atomic E-state index is 12.1. The number of anilines is 1. The van der Waals surface area contributed by atoms with E-state index >= 15 is 0 Å². The van der Waals surface area contributed by atoms with Crippen LogP contribution in [-0.4, -0.2) is 30.3 Å². The monoisotopic (exact) mass is 315 g/mol. The van der Waals surface area contributed by atoms with Gasteiger partial charge in [-0.25, -0.2) is 5.43 Å². The summed E-state index contributed by atoms with van der Waals surface area (Å²) in [6.07, 6.45) is 2.11. The predicted molar refractivity (Wildman–Crippen MR) is 91.2 cm³/mol. The standard InChI is InChI=1S/C17H21N3O3/c1-4-5-11-6-12-13(19-17(11)22)7-14-16(15(12)21)23-9-10(2)8-20(14)18-3/h4,6-7,10,18,21H,1,5,8-9H2,2-3H3,(H,19,22). The van der Waals surface area contributed by atoms with Gasteiger partial charge in [-0.15, -0.1) is 6.58 Å². The highest BCUT2D eigenvalue weighted by Crippen LogP contribution is 2.43. The first-order chi connectivity index (χ1) is 11.0. The van der Waals surface area contributed by atoms with Gasteiger partial charge in [0.05, 0.1) is 12.1 Å². The Bertz CT molecular complexity index is 813. The molecule has 2 heterocycles. The number of H-pyrrole nitrogens is 1. The van der Waals surface area contributed by atoms with Gasteiger partial charge in [0.1, 0.15) is 5.69 Å². The molecule has 1 atom stereocenters. The number of ether oxygens (including phenoxy) is 1. The average Bonchev–Trinajstić information content (AvgIpc) is 2.68. The van der Waals surface area contributed by atoms with E-state index in [-0.39, 0.29) is 11.3 Å². The van der Waals surface area contributed by atoms with Crippen molar-refractivity contribution < 1.29 is 9.84 Å². The average molecular weight is 315 g/mol. The first kappa shape index (κ1) is 15.4. The molecule has 0 spiro atoms. The maximum atomic E-state index is 12.1. The second-order valence-electron chi connectivity index (χ2n) is 5.90. The van der Waals surface area contributed by atoms with Crippen molar-refractivity contribution in [2.75, 3.05) is 25.2 Å². The van der Waals surface area contributed by atoms with Crippen LogP contribution >= 0.6 is 0 Å². The van der Waals surface area contributed by atoms with Crippen molar-refractivity contribution in [3.8, 4) is 11.5 Å². The molecule has 3 rings (SSSR count). The minimum absolute atomic E-state index is 0.0495. The molecule has 0 bridgehead atoms. The lowest BCUT2D eigenvalue weighted by atomic mass is 10.1. The number of aromatic amines is 1. The van der Waals surface area contributed by atoms with Crippen LogP contribution < -0.4 is 20.7 Å². The Kier molecular flexibility index (Phi) is 4.00. The number of benzene rings is 1. The first-order valence-corrected chi connectivity index (χ1v) is 7.65. The molecule has 1 unspecified atom stereocenters. The summed E-state index contributed by atoms with van der Waals surface area (Å²) in [7, 11) is 1.82. The van der Waals surface area contributed by atoms with Crippen LogP contribution in [0.2, 0.25) is 0 Å². The van der Waals surface area contributed by atoms with Gasteiger partial charge >= 0.3 is 0 Å². The summed E-state index contributed by atoms with van der Waals surface area (Å²) in [5.41, 5.74) is 4.80. The van der Waals surface area contributed by atoms with Gasteiger partial charge in [0, 0.05) is 30.5 Å². The smallest absolute Gasteiger partial charge is 0.251 e. The van der Waals surface area contributed by atoms with Crippen LogP contribution in [0.15, 0.2) is 29.6 Å². The summed E-state index contributed by atoms with van der Waals surface area (Å²) in [6, 6.07) is 3.53. The van der Waals surface area contributed by atoms with E-state index in [0.29, 0.717) is 46.8 Å². The summed E-state index contributed by atoms with van der Waals surface area (Å²) < 4.78 is 5.82. The molecular weight excluding hydrogens is 294 g/mol. The Labute approximate surface area is 134 Å². The van der Waals surface area contributed by atoms with E-state index in [1.807, 2.05) is 18.1 Å². The molecule has 0 radical (unpaired) electrons. The van der Waals surface area contributed by atoms with E-state index in [1.54, 1.807) is 12.1 Å². The molecule has 3 N–H and O–H groups in total. The quantitative estimate of drug-likeness (QED) is 0.755. The molecule has 6 heteroatoms. The molecule has 1 aliphatic heterocycles. The lowest BCUT2D eigenvalue weighted by Crippen LogP contribution is -2.38. The number of hydrazine groups is 1. The summed E-state index contributed by atoms with van der Waals surface area (Å²) in [4.78, 5) is 15.0. The van der Waals surface area contributed by atoms with E-state index in [2.05, 4.69) is 23.9 Å². The van der Waals surface area contributed by atoms with Gasteiger partial charge in [-0.05, 0) is 18.6 Å². The fourth-order valence-electron chi connectivity index (χ4n) is 2.89. The van der Waals surface area contributed by atoms with Crippen molar-refractivity contribution in [2.45, 2.75) is 13.3 Å². The summed E-state index contributed by atoms with van der Waals surface area (Å²) in [6.45, 7) is 7.00. The fraction of sp³-hybridized carbons (Fsp3) is 0.353. The zero-order valence-electron chi connectivity index (χ0n) is 13.3. The third-order valence-electron chi connectivity index (χ3n) is 4.06. The third-order valence-corrected chi connectivity index (χ3v) is 4.06. The Morgan fingerprint density at radius 1 is 1.57 bits per heavy atom. The minimum Gasteiger partial charge on any atom is -0.504 e. The number of aromatic nitrogens is 1. The number of rotatable bonds is 3. The summed E-state index contributed by atoms with van der Waals surface area (Å²) >= 11 is 0. The largest absolute Gasteiger partial charge is 0.504 e. The molecule has 0 saturated heterocycles. The number of nitrogens with zero attached hydrogens (tertiary/aromatic N) is 1. The maximum Gasteiger partial charge on any atom is 0.251 e. The minimum atomic E-state index is -0.171. The second-order valence-corrected chi connectivity index (χ2v) is 5.90. The number of pyridine rings is 1. The highest BCUT2D eigenvalue weighted by Gasteiger charge is 2.25. The van der Waals surface area contributed by atoms with Crippen molar-refractivity contribution >= 4 is 16.6 Å². The lowest BCUT2D eigenvalue weighted by molar-refractivity contribution is 0.263. The van der Waals surface area contributed by atoms with Crippen molar-refractivity contribution in [3.63, 3.8) is 0 Å².